The van der Waals surface area contributed by atoms with Crippen molar-refractivity contribution in [2.75, 3.05) is 63.7 Å². The summed E-state index contributed by atoms with van der Waals surface area (Å²) in [6.07, 6.45) is 4.68. The predicted octanol–water partition coefficient (Wildman–Crippen LogP) is 0.841. The van der Waals surface area contributed by atoms with Gasteiger partial charge in [0.15, 0.2) is 11.5 Å². The summed E-state index contributed by atoms with van der Waals surface area (Å²) in [5.74, 6) is 0.384. The van der Waals surface area contributed by atoms with Crippen LogP contribution < -0.4 is 26.1 Å². The molecule has 0 aliphatic carbocycles. The van der Waals surface area contributed by atoms with Gasteiger partial charge in [-0.3, -0.25) is 24.4 Å². The van der Waals surface area contributed by atoms with Crippen molar-refractivity contribution in [2.45, 2.75) is 0 Å². The van der Waals surface area contributed by atoms with Crippen LogP contribution >= 0.6 is 11.9 Å². The molecule has 4 rings (SSSR count). The minimum Gasteiger partial charge on any atom is -0.491 e. The van der Waals surface area contributed by atoms with Crippen molar-refractivity contribution in [3.05, 3.63) is 40.4 Å². The number of hydrogen-bond donors (Lipinski definition) is 2. The highest BCUT2D eigenvalue weighted by molar-refractivity contribution is 7.96. The summed E-state index contributed by atoms with van der Waals surface area (Å²) in [4.78, 5) is 40.1. The smallest absolute Gasteiger partial charge is 0.262 e. The van der Waals surface area contributed by atoms with E-state index in [1.54, 1.807) is 24.1 Å². The molecule has 3 heterocycles. The second-order valence-corrected chi connectivity index (χ2v) is 8.76. The molecule has 12 nitrogen and oxygen atoms in total. The summed E-state index contributed by atoms with van der Waals surface area (Å²) < 4.78 is 15.2. The summed E-state index contributed by atoms with van der Waals surface area (Å²) in [7, 11) is 3.02. The number of methoxy groups -OCH3 is 1. The average Bonchev–Trinajstić information content (AvgIpc) is 2.87. The zero-order valence-corrected chi connectivity index (χ0v) is 20.7. The Morgan fingerprint density at radius 2 is 1.91 bits per heavy atom. The normalized spacial score (nSPS) is 14.7. The Balaban J connectivity index is 1.54. The van der Waals surface area contributed by atoms with Crippen molar-refractivity contribution < 1.29 is 14.3 Å². The first kappa shape index (κ1) is 24.7. The van der Waals surface area contributed by atoms with Crippen LogP contribution in [0.15, 0.2) is 29.3 Å². The molecule has 13 heteroatoms. The Morgan fingerprint density at radius 1 is 1.20 bits per heavy atom. The van der Waals surface area contributed by atoms with Crippen LogP contribution in [0.1, 0.15) is 10.4 Å². The number of anilines is 2. The monoisotopic (exact) mass is 500 g/mol. The molecule has 0 saturated carbocycles. The Kier molecular flexibility index (Phi) is 7.68. The fourth-order valence-electron chi connectivity index (χ4n) is 3.77. The largest absolute Gasteiger partial charge is 0.491 e. The number of nitrogen functional groups attached to an aromatic ring is 1. The number of hydrogen-bond acceptors (Lipinski definition) is 11. The lowest BCUT2D eigenvalue weighted by atomic mass is 10.2. The van der Waals surface area contributed by atoms with E-state index in [0.717, 1.165) is 32.7 Å². The molecule has 3 N–H and O–H groups in total. The van der Waals surface area contributed by atoms with Gasteiger partial charge in [0.05, 0.1) is 18.1 Å². The molecular formula is C22H28N8O4S. The number of amides is 1. The zero-order chi connectivity index (χ0) is 24.9. The summed E-state index contributed by atoms with van der Waals surface area (Å²) in [5, 5.41) is 2.97. The van der Waals surface area contributed by atoms with E-state index in [-0.39, 0.29) is 23.0 Å². The maximum atomic E-state index is 13.0. The number of rotatable bonds is 8. The average molecular weight is 501 g/mol. The van der Waals surface area contributed by atoms with Crippen LogP contribution in [0.4, 0.5) is 11.9 Å². The van der Waals surface area contributed by atoms with Crippen molar-refractivity contribution >= 4 is 40.7 Å². The second-order valence-electron chi connectivity index (χ2n) is 7.88. The van der Waals surface area contributed by atoms with Gasteiger partial charge < -0.3 is 15.2 Å². The van der Waals surface area contributed by atoms with E-state index in [0.29, 0.717) is 29.0 Å². The van der Waals surface area contributed by atoms with Crippen LogP contribution in [-0.2, 0) is 7.05 Å². The molecule has 1 fully saturated rings. The highest BCUT2D eigenvalue weighted by atomic mass is 32.2. The van der Waals surface area contributed by atoms with Crippen molar-refractivity contribution in [1.82, 2.24) is 28.7 Å². The molecule has 0 unspecified atom stereocenters. The standard InChI is InChI=1S/C22H28N8O4S/c1-28-20(32)15-4-5-16(34-11-10-29-6-8-30(35-3)9-7-29)18(33-2)17(15)26-22(28)27-19(31)14-12-24-21(23)25-13-14/h4-5,12-13H,6-11H2,1-3H3,(H2,23,24,25)(H,26,27,31). The lowest BCUT2D eigenvalue weighted by Crippen LogP contribution is -2.44. The van der Waals surface area contributed by atoms with Crippen LogP contribution in [-0.4, -0.2) is 87.3 Å². The molecular weight excluding hydrogens is 472 g/mol. The number of nitrogens with zero attached hydrogens (tertiary/aromatic N) is 6. The number of ether oxygens (including phenoxy) is 2. The number of benzene rings is 1. The second kappa shape index (κ2) is 10.9. The third-order valence-corrected chi connectivity index (χ3v) is 6.67. The van der Waals surface area contributed by atoms with Gasteiger partial charge in [-0.2, -0.15) is 0 Å². The fourth-order valence-corrected chi connectivity index (χ4v) is 4.29. The molecule has 3 aromatic rings. The molecule has 186 valence electrons. The van der Waals surface area contributed by atoms with Gasteiger partial charge in [0.2, 0.25) is 11.9 Å². The van der Waals surface area contributed by atoms with E-state index in [1.807, 2.05) is 0 Å². The van der Waals surface area contributed by atoms with Crippen molar-refractivity contribution in [3.63, 3.8) is 0 Å². The maximum Gasteiger partial charge on any atom is 0.262 e. The Labute approximate surface area is 206 Å². The highest BCUT2D eigenvalue weighted by Gasteiger charge is 2.20. The third kappa shape index (κ3) is 5.47. The molecule has 1 aromatic carbocycles. The third-order valence-electron chi connectivity index (χ3n) is 5.78. The topological polar surface area (TPSA) is 141 Å². The van der Waals surface area contributed by atoms with E-state index >= 15 is 0 Å². The molecule has 1 aliphatic rings. The van der Waals surface area contributed by atoms with Gasteiger partial charge in [0, 0.05) is 52.2 Å². The van der Waals surface area contributed by atoms with Gasteiger partial charge in [-0.15, -0.1) is 0 Å². The Hall–Kier alpha value is -3.42. The SMILES string of the molecule is COc1c(OCCN2CCN(SC)CC2)ccc2c(=O)n(C)c(NC(=O)c3cnc(N)nc3)nc12. The number of nitrogens with one attached hydrogen (secondary N) is 1. The molecule has 2 aromatic heterocycles. The minimum absolute atomic E-state index is 0.0476. The van der Waals surface area contributed by atoms with E-state index in [2.05, 4.69) is 35.7 Å². The first-order chi connectivity index (χ1) is 16.9. The lowest BCUT2D eigenvalue weighted by molar-refractivity contribution is 0.102. The number of piperazine rings is 1. The molecule has 0 spiro atoms. The quantitative estimate of drug-likeness (QED) is 0.425. The van der Waals surface area contributed by atoms with Crippen molar-refractivity contribution in [3.8, 4) is 11.5 Å². The zero-order valence-electron chi connectivity index (χ0n) is 19.9. The van der Waals surface area contributed by atoms with Gasteiger partial charge in [-0.1, -0.05) is 11.9 Å². The lowest BCUT2D eigenvalue weighted by Gasteiger charge is -2.33. The minimum atomic E-state index is -0.528. The van der Waals surface area contributed by atoms with Gasteiger partial charge in [-0.25, -0.2) is 19.3 Å². The number of fused-ring (bicyclic) bond motifs is 1. The van der Waals surface area contributed by atoms with E-state index < -0.39 is 5.91 Å². The first-order valence-corrected chi connectivity index (χ1v) is 12.2. The van der Waals surface area contributed by atoms with Crippen molar-refractivity contribution in [2.24, 2.45) is 7.05 Å². The van der Waals surface area contributed by atoms with Crippen LogP contribution in [0.25, 0.3) is 10.9 Å². The first-order valence-electron chi connectivity index (χ1n) is 11.0. The molecule has 0 atom stereocenters. The maximum absolute atomic E-state index is 13.0. The molecule has 1 aliphatic heterocycles. The summed E-state index contributed by atoms with van der Waals surface area (Å²) in [6.45, 7) is 5.25. The van der Waals surface area contributed by atoms with E-state index in [9.17, 15) is 9.59 Å². The molecule has 1 saturated heterocycles. The van der Waals surface area contributed by atoms with E-state index in [1.165, 1.54) is 31.1 Å². The Bertz CT molecular complexity index is 1260. The van der Waals surface area contributed by atoms with Gasteiger partial charge in [0.1, 0.15) is 12.1 Å². The van der Waals surface area contributed by atoms with Crippen LogP contribution in [0.5, 0.6) is 11.5 Å². The predicted molar refractivity (Wildman–Crippen MR) is 135 cm³/mol. The Morgan fingerprint density at radius 3 is 2.57 bits per heavy atom. The number of aromatic nitrogens is 4. The number of carbonyl (C=O) groups excluding carboxylic acids is 1. The summed E-state index contributed by atoms with van der Waals surface area (Å²) in [5.41, 5.74) is 5.61. The molecule has 0 radical (unpaired) electrons. The van der Waals surface area contributed by atoms with Crippen LogP contribution in [0.3, 0.4) is 0 Å². The van der Waals surface area contributed by atoms with Gasteiger partial charge >= 0.3 is 0 Å². The van der Waals surface area contributed by atoms with E-state index in [4.69, 9.17) is 15.2 Å². The van der Waals surface area contributed by atoms with Gasteiger partial charge in [0.25, 0.3) is 11.5 Å². The van der Waals surface area contributed by atoms with Crippen LogP contribution in [0, 0.1) is 0 Å². The van der Waals surface area contributed by atoms with Crippen molar-refractivity contribution in [1.29, 1.82) is 0 Å². The van der Waals surface area contributed by atoms with Gasteiger partial charge in [-0.05, 0) is 18.4 Å². The number of carbonyl (C=O) groups is 1. The fraction of sp³-hybridized carbons (Fsp3) is 0.409. The molecule has 35 heavy (non-hydrogen) atoms. The molecule has 0 bridgehead atoms. The molecule has 1 amide bonds. The number of nitrogens with two attached hydrogens (primary N) is 1. The van der Waals surface area contributed by atoms with Crippen LogP contribution in [0.2, 0.25) is 0 Å². The summed E-state index contributed by atoms with van der Waals surface area (Å²) >= 11 is 1.77. The highest BCUT2D eigenvalue weighted by Crippen LogP contribution is 2.33. The summed E-state index contributed by atoms with van der Waals surface area (Å²) in [6, 6.07) is 3.36.